The van der Waals surface area contributed by atoms with Gasteiger partial charge in [0, 0.05) is 28.2 Å². The zero-order chi connectivity index (χ0) is 20.0. The molecule has 2 atom stereocenters. The number of amides is 2. The van der Waals surface area contributed by atoms with Crippen molar-refractivity contribution < 1.29 is 14.5 Å². The highest BCUT2D eigenvalue weighted by atomic mass is 35.5. The van der Waals surface area contributed by atoms with Crippen molar-refractivity contribution >= 4 is 35.0 Å². The first-order valence-corrected chi connectivity index (χ1v) is 9.42. The third-order valence-electron chi connectivity index (χ3n) is 4.22. The Morgan fingerprint density at radius 1 is 1.11 bits per heavy atom. The highest BCUT2D eigenvalue weighted by Gasteiger charge is 2.16. The first-order chi connectivity index (χ1) is 12.8. The second-order valence-electron chi connectivity index (χ2n) is 6.54. The molecule has 0 fully saturated rings. The van der Waals surface area contributed by atoms with E-state index >= 15 is 0 Å². The molecule has 2 rings (SSSR count). The minimum Gasteiger partial charge on any atom is -0.355 e. The van der Waals surface area contributed by atoms with Crippen LogP contribution in [0.15, 0.2) is 42.5 Å². The number of carbonyl (C=O) groups excluding carboxylic acids is 2. The molecule has 0 heterocycles. The van der Waals surface area contributed by atoms with Crippen molar-refractivity contribution in [2.45, 2.75) is 19.5 Å². The van der Waals surface area contributed by atoms with Crippen LogP contribution >= 0.6 is 23.2 Å². The van der Waals surface area contributed by atoms with Gasteiger partial charge in [-0.05, 0) is 36.8 Å². The molecule has 2 amide bonds. The van der Waals surface area contributed by atoms with Gasteiger partial charge in [0.2, 0.25) is 0 Å². The summed E-state index contributed by atoms with van der Waals surface area (Å²) in [5, 5.41) is 6.66. The molecular formula is C20H24Cl2N3O2+. The highest BCUT2D eigenvalue weighted by Crippen LogP contribution is 2.25. The van der Waals surface area contributed by atoms with Crippen molar-refractivity contribution in [1.82, 2.24) is 10.6 Å². The van der Waals surface area contributed by atoms with Gasteiger partial charge in [0.25, 0.3) is 11.8 Å². The van der Waals surface area contributed by atoms with Gasteiger partial charge in [-0.25, -0.2) is 0 Å². The minimum absolute atomic E-state index is 0.0620. The monoisotopic (exact) mass is 408 g/mol. The lowest BCUT2D eigenvalue weighted by atomic mass is 10.1. The molecule has 0 spiro atoms. The Hall–Kier alpha value is -2.08. The molecule has 0 radical (unpaired) electrons. The second kappa shape index (κ2) is 9.74. The number of carbonyl (C=O) groups is 2. The fraction of sp³-hybridized carbons (Fsp3) is 0.300. The number of benzene rings is 2. The number of likely N-dealkylation sites (N-methyl/N-ethyl adjacent to an activating group) is 1. The predicted molar refractivity (Wildman–Crippen MR) is 108 cm³/mol. The molecule has 0 aliphatic rings. The van der Waals surface area contributed by atoms with Crippen molar-refractivity contribution in [2.24, 2.45) is 0 Å². The number of nitrogens with one attached hydrogen (secondary N) is 3. The average Bonchev–Trinajstić information content (AvgIpc) is 2.61. The van der Waals surface area contributed by atoms with Gasteiger partial charge in [0.05, 0.1) is 13.1 Å². The maximum Gasteiger partial charge on any atom is 0.275 e. The Balaban J connectivity index is 1.88. The normalized spacial score (nSPS) is 12.9. The summed E-state index contributed by atoms with van der Waals surface area (Å²) in [6.45, 7) is 2.89. The van der Waals surface area contributed by atoms with Gasteiger partial charge in [-0.15, -0.1) is 0 Å². The molecule has 2 aromatic rings. The van der Waals surface area contributed by atoms with E-state index < -0.39 is 0 Å². The molecule has 0 saturated heterocycles. The zero-order valence-corrected chi connectivity index (χ0v) is 17.1. The van der Waals surface area contributed by atoms with Crippen molar-refractivity contribution in [3.8, 4) is 0 Å². The van der Waals surface area contributed by atoms with Crippen LogP contribution in [0.3, 0.4) is 0 Å². The number of hydrogen-bond acceptors (Lipinski definition) is 2. The van der Waals surface area contributed by atoms with E-state index in [1.54, 1.807) is 31.3 Å². The zero-order valence-electron chi connectivity index (χ0n) is 15.6. The Labute approximate surface area is 169 Å². The molecule has 27 heavy (non-hydrogen) atoms. The highest BCUT2D eigenvalue weighted by molar-refractivity contribution is 6.35. The van der Waals surface area contributed by atoms with Crippen LogP contribution < -0.4 is 15.5 Å². The number of quaternary nitrogens is 1. The average molecular weight is 409 g/mol. The first-order valence-electron chi connectivity index (χ1n) is 8.66. The quantitative estimate of drug-likeness (QED) is 0.657. The smallest absolute Gasteiger partial charge is 0.275 e. The molecule has 1 unspecified atom stereocenters. The molecule has 0 bridgehead atoms. The van der Waals surface area contributed by atoms with Crippen LogP contribution in [0.4, 0.5) is 0 Å². The lowest BCUT2D eigenvalue weighted by Crippen LogP contribution is -3.08. The lowest BCUT2D eigenvalue weighted by Gasteiger charge is -2.18. The summed E-state index contributed by atoms with van der Waals surface area (Å²) in [7, 11) is 3.55. The van der Waals surface area contributed by atoms with E-state index in [-0.39, 0.29) is 17.9 Å². The van der Waals surface area contributed by atoms with Crippen molar-refractivity contribution in [1.29, 1.82) is 0 Å². The maximum atomic E-state index is 12.3. The summed E-state index contributed by atoms with van der Waals surface area (Å²) in [6.07, 6.45) is 0. The van der Waals surface area contributed by atoms with E-state index in [0.29, 0.717) is 28.7 Å². The van der Waals surface area contributed by atoms with Gasteiger partial charge in [0.15, 0.2) is 6.54 Å². The Morgan fingerprint density at radius 3 is 2.37 bits per heavy atom. The van der Waals surface area contributed by atoms with E-state index in [0.717, 1.165) is 16.0 Å². The Kier molecular flexibility index (Phi) is 7.66. The molecular weight excluding hydrogens is 385 g/mol. The summed E-state index contributed by atoms with van der Waals surface area (Å²) >= 11 is 12.1. The minimum atomic E-state index is -0.207. The fourth-order valence-corrected chi connectivity index (χ4v) is 3.40. The van der Waals surface area contributed by atoms with Crippen LogP contribution in [0.2, 0.25) is 10.0 Å². The van der Waals surface area contributed by atoms with E-state index in [2.05, 4.69) is 10.6 Å². The van der Waals surface area contributed by atoms with Crippen molar-refractivity contribution in [3.05, 3.63) is 69.2 Å². The van der Waals surface area contributed by atoms with Crippen LogP contribution in [-0.4, -0.2) is 32.5 Å². The van der Waals surface area contributed by atoms with E-state index in [1.165, 1.54) is 0 Å². The van der Waals surface area contributed by atoms with E-state index in [9.17, 15) is 9.59 Å². The van der Waals surface area contributed by atoms with Gasteiger partial charge in [-0.2, -0.15) is 0 Å². The Morgan fingerprint density at radius 2 is 1.78 bits per heavy atom. The van der Waals surface area contributed by atoms with Crippen molar-refractivity contribution in [3.63, 3.8) is 0 Å². The van der Waals surface area contributed by atoms with E-state index in [4.69, 9.17) is 23.2 Å². The molecule has 0 aliphatic carbocycles. The first kappa shape index (κ1) is 21.2. The fourth-order valence-electron chi connectivity index (χ4n) is 2.83. The molecule has 7 heteroatoms. The number of halogens is 2. The second-order valence-corrected chi connectivity index (χ2v) is 7.39. The molecule has 144 valence electrons. The van der Waals surface area contributed by atoms with Crippen molar-refractivity contribution in [2.75, 3.05) is 20.6 Å². The van der Waals surface area contributed by atoms with Crippen LogP contribution in [0.1, 0.15) is 34.5 Å². The summed E-state index contributed by atoms with van der Waals surface area (Å²) in [5.41, 5.74) is 2.50. The van der Waals surface area contributed by atoms with Gasteiger partial charge in [-0.3, -0.25) is 9.59 Å². The third kappa shape index (κ3) is 6.24. The van der Waals surface area contributed by atoms with Gasteiger partial charge < -0.3 is 15.5 Å². The van der Waals surface area contributed by atoms with Crippen LogP contribution in [-0.2, 0) is 11.3 Å². The molecule has 2 aromatic carbocycles. The largest absolute Gasteiger partial charge is 0.355 e. The van der Waals surface area contributed by atoms with Crippen LogP contribution in [0, 0.1) is 0 Å². The summed E-state index contributed by atoms with van der Waals surface area (Å²) in [6, 6.07) is 12.4. The van der Waals surface area contributed by atoms with Crippen LogP contribution in [0.5, 0.6) is 0 Å². The number of hydrogen-bond donors (Lipinski definition) is 3. The topological polar surface area (TPSA) is 62.6 Å². The summed E-state index contributed by atoms with van der Waals surface area (Å²) in [4.78, 5) is 24.9. The van der Waals surface area contributed by atoms with Gasteiger partial charge in [0.1, 0.15) is 6.54 Å². The molecule has 0 aromatic heterocycles. The molecule has 0 aliphatic heterocycles. The third-order valence-corrected chi connectivity index (χ3v) is 4.78. The number of rotatable bonds is 7. The van der Waals surface area contributed by atoms with E-state index in [1.807, 2.05) is 32.2 Å². The van der Waals surface area contributed by atoms with Gasteiger partial charge >= 0.3 is 0 Å². The van der Waals surface area contributed by atoms with Crippen LogP contribution in [0.25, 0.3) is 0 Å². The molecule has 3 N–H and O–H groups in total. The maximum absolute atomic E-state index is 12.3. The molecule has 0 saturated carbocycles. The Bertz CT molecular complexity index is 809. The summed E-state index contributed by atoms with van der Waals surface area (Å²) < 4.78 is 0. The van der Waals surface area contributed by atoms with Gasteiger partial charge in [-0.1, -0.05) is 41.4 Å². The predicted octanol–water partition coefficient (Wildman–Crippen LogP) is 2.25. The standard InChI is InChI=1S/C20H23Cl2N3O2/c1-13(17-9-8-16(21)10-18(17)22)24-19(26)12-25(3)11-14-4-6-15(7-5-14)20(27)23-2/h4-10,13H,11-12H2,1-3H3,(H,23,27)(H,24,26)/p+1/t13-/m0/s1. The molecule has 5 nitrogen and oxygen atoms in total. The lowest BCUT2D eigenvalue weighted by molar-refractivity contribution is -0.885. The summed E-state index contributed by atoms with van der Waals surface area (Å²) in [5.74, 6) is -0.176. The SMILES string of the molecule is CNC(=O)c1ccc(C[NH+](C)CC(=O)N[C@@H](C)c2ccc(Cl)cc2Cl)cc1.